The average Bonchev–Trinajstić information content (AvgIpc) is 2.58. The highest BCUT2D eigenvalue weighted by Crippen LogP contribution is 2.17. The molecular formula is C19H36O5. The third-order valence-corrected chi connectivity index (χ3v) is 4.03. The number of unbranched alkanes of at least 4 members (excludes halogenated alkanes) is 3. The van der Waals surface area contributed by atoms with E-state index in [1.165, 1.54) is 12.8 Å². The van der Waals surface area contributed by atoms with Crippen molar-refractivity contribution in [3.63, 3.8) is 0 Å². The van der Waals surface area contributed by atoms with Gasteiger partial charge in [0.25, 0.3) is 0 Å². The highest BCUT2D eigenvalue weighted by Gasteiger charge is 2.12. The van der Waals surface area contributed by atoms with Crippen molar-refractivity contribution in [2.45, 2.75) is 78.1 Å². The van der Waals surface area contributed by atoms with Gasteiger partial charge in [0, 0.05) is 13.7 Å². The molecule has 5 heteroatoms. The van der Waals surface area contributed by atoms with E-state index in [1.54, 1.807) is 7.11 Å². The second-order valence-electron chi connectivity index (χ2n) is 6.23. The van der Waals surface area contributed by atoms with Gasteiger partial charge < -0.3 is 14.2 Å². The second-order valence-corrected chi connectivity index (χ2v) is 6.23. The Morgan fingerprint density at radius 1 is 0.750 bits per heavy atom. The van der Waals surface area contributed by atoms with Gasteiger partial charge in [0.2, 0.25) is 0 Å². The maximum Gasteiger partial charge on any atom is 0.306 e. The minimum Gasteiger partial charge on any atom is -0.466 e. The molecule has 0 saturated carbocycles. The second kappa shape index (κ2) is 16.7. The molecule has 0 aliphatic heterocycles. The number of hydrogen-bond acceptors (Lipinski definition) is 5. The van der Waals surface area contributed by atoms with Crippen LogP contribution in [0.1, 0.15) is 78.1 Å². The van der Waals surface area contributed by atoms with E-state index in [4.69, 9.17) is 14.2 Å². The van der Waals surface area contributed by atoms with Crippen LogP contribution >= 0.6 is 0 Å². The van der Waals surface area contributed by atoms with Gasteiger partial charge in [-0.25, -0.2) is 0 Å². The average molecular weight is 344 g/mol. The van der Waals surface area contributed by atoms with Crippen molar-refractivity contribution < 1.29 is 23.8 Å². The summed E-state index contributed by atoms with van der Waals surface area (Å²) in [5, 5.41) is 0. The zero-order valence-corrected chi connectivity index (χ0v) is 15.8. The number of carbonyl (C=O) groups excluding carboxylic acids is 2. The topological polar surface area (TPSA) is 61.8 Å². The van der Waals surface area contributed by atoms with Gasteiger partial charge in [0.15, 0.2) is 0 Å². The van der Waals surface area contributed by atoms with E-state index in [0.29, 0.717) is 19.1 Å². The summed E-state index contributed by atoms with van der Waals surface area (Å²) in [7, 11) is 1.71. The van der Waals surface area contributed by atoms with Crippen LogP contribution in [0.4, 0.5) is 0 Å². The zero-order chi connectivity index (χ0) is 18.0. The van der Waals surface area contributed by atoms with Crippen molar-refractivity contribution in [3.8, 4) is 0 Å². The normalized spacial score (nSPS) is 12.0. The van der Waals surface area contributed by atoms with Crippen molar-refractivity contribution in [1.82, 2.24) is 0 Å². The van der Waals surface area contributed by atoms with Crippen LogP contribution in [0.5, 0.6) is 0 Å². The Balaban J connectivity index is 3.76. The largest absolute Gasteiger partial charge is 0.466 e. The van der Waals surface area contributed by atoms with E-state index in [0.717, 1.165) is 45.1 Å². The molecule has 24 heavy (non-hydrogen) atoms. The molecule has 0 saturated heterocycles. The first-order valence-corrected chi connectivity index (χ1v) is 9.44. The van der Waals surface area contributed by atoms with E-state index >= 15 is 0 Å². The van der Waals surface area contributed by atoms with Crippen LogP contribution in [0.3, 0.4) is 0 Å². The van der Waals surface area contributed by atoms with Gasteiger partial charge in [0.05, 0.1) is 26.1 Å². The number of esters is 2. The third kappa shape index (κ3) is 14.5. The molecule has 5 nitrogen and oxygen atoms in total. The number of hydrogen-bond donors (Lipinski definition) is 0. The lowest BCUT2D eigenvalue weighted by Gasteiger charge is -2.16. The molecule has 0 amide bonds. The van der Waals surface area contributed by atoms with Crippen LogP contribution < -0.4 is 0 Å². The van der Waals surface area contributed by atoms with Gasteiger partial charge in [-0.15, -0.1) is 0 Å². The molecule has 0 aliphatic rings. The summed E-state index contributed by atoms with van der Waals surface area (Å²) in [6.07, 6.45) is 8.59. The van der Waals surface area contributed by atoms with Crippen LogP contribution in [-0.2, 0) is 23.8 Å². The van der Waals surface area contributed by atoms with Gasteiger partial charge in [-0.1, -0.05) is 46.0 Å². The van der Waals surface area contributed by atoms with Crippen molar-refractivity contribution >= 4 is 11.9 Å². The molecule has 0 heterocycles. The summed E-state index contributed by atoms with van der Waals surface area (Å²) < 4.78 is 15.4. The van der Waals surface area contributed by atoms with Crippen molar-refractivity contribution in [3.05, 3.63) is 0 Å². The first-order valence-electron chi connectivity index (χ1n) is 9.44. The highest BCUT2D eigenvalue weighted by molar-refractivity contribution is 5.77. The first-order chi connectivity index (χ1) is 11.6. The Morgan fingerprint density at radius 2 is 1.33 bits per heavy atom. The molecule has 0 N–H and O–H groups in total. The fourth-order valence-corrected chi connectivity index (χ4v) is 2.44. The molecule has 0 aromatic heterocycles. The molecule has 0 spiro atoms. The summed E-state index contributed by atoms with van der Waals surface area (Å²) in [5.41, 5.74) is 0. The van der Waals surface area contributed by atoms with Crippen molar-refractivity contribution in [2.24, 2.45) is 5.92 Å². The number of rotatable bonds is 16. The summed E-state index contributed by atoms with van der Waals surface area (Å²) in [5.74, 6) is -0.105. The lowest BCUT2D eigenvalue weighted by molar-refractivity contribution is -0.150. The molecule has 142 valence electrons. The standard InChI is InChI=1S/C19H36O5/c1-4-6-8-14-23-18(20)10-11-19(21)24-16-13-17(9-7-5-2)12-15-22-3/h17H,4-16H2,1-3H3. The van der Waals surface area contributed by atoms with Gasteiger partial charge in [-0.05, 0) is 25.2 Å². The summed E-state index contributed by atoms with van der Waals surface area (Å²) in [6, 6.07) is 0. The van der Waals surface area contributed by atoms with E-state index in [9.17, 15) is 9.59 Å². The Labute approximate surface area is 147 Å². The van der Waals surface area contributed by atoms with Gasteiger partial charge >= 0.3 is 11.9 Å². The van der Waals surface area contributed by atoms with E-state index in [2.05, 4.69) is 13.8 Å². The summed E-state index contributed by atoms with van der Waals surface area (Å²) in [4.78, 5) is 23.2. The smallest absolute Gasteiger partial charge is 0.306 e. The SMILES string of the molecule is CCCCCOC(=O)CCC(=O)OCCC(CCCC)CCOC. The van der Waals surface area contributed by atoms with Crippen LogP contribution in [0.2, 0.25) is 0 Å². The fraction of sp³-hybridized carbons (Fsp3) is 0.895. The molecular weight excluding hydrogens is 308 g/mol. The van der Waals surface area contributed by atoms with Crippen LogP contribution in [0.15, 0.2) is 0 Å². The first kappa shape index (κ1) is 22.9. The van der Waals surface area contributed by atoms with Crippen molar-refractivity contribution in [2.75, 3.05) is 26.9 Å². The lowest BCUT2D eigenvalue weighted by atomic mass is 9.96. The highest BCUT2D eigenvalue weighted by atomic mass is 16.5. The maximum atomic E-state index is 11.7. The number of carbonyl (C=O) groups is 2. The van der Waals surface area contributed by atoms with Crippen LogP contribution in [-0.4, -0.2) is 38.9 Å². The third-order valence-electron chi connectivity index (χ3n) is 4.03. The zero-order valence-electron chi connectivity index (χ0n) is 15.8. The Bertz CT molecular complexity index is 309. The molecule has 1 atom stereocenters. The van der Waals surface area contributed by atoms with Gasteiger partial charge in [-0.3, -0.25) is 9.59 Å². The minimum atomic E-state index is -0.318. The molecule has 0 aliphatic carbocycles. The van der Waals surface area contributed by atoms with E-state index < -0.39 is 0 Å². The molecule has 0 radical (unpaired) electrons. The van der Waals surface area contributed by atoms with Crippen LogP contribution in [0.25, 0.3) is 0 Å². The monoisotopic (exact) mass is 344 g/mol. The molecule has 0 fully saturated rings. The van der Waals surface area contributed by atoms with E-state index in [-0.39, 0.29) is 24.8 Å². The Hall–Kier alpha value is -1.10. The number of methoxy groups -OCH3 is 1. The van der Waals surface area contributed by atoms with Crippen LogP contribution in [0, 0.1) is 5.92 Å². The predicted octanol–water partition coefficient (Wildman–Crippen LogP) is 4.28. The lowest BCUT2D eigenvalue weighted by Crippen LogP contribution is -2.14. The van der Waals surface area contributed by atoms with E-state index in [1.807, 2.05) is 0 Å². The Morgan fingerprint density at radius 3 is 1.92 bits per heavy atom. The fourth-order valence-electron chi connectivity index (χ4n) is 2.44. The maximum absolute atomic E-state index is 11.7. The predicted molar refractivity (Wildman–Crippen MR) is 94.8 cm³/mol. The molecule has 0 bridgehead atoms. The molecule has 1 unspecified atom stereocenters. The molecule has 0 rings (SSSR count). The number of ether oxygens (including phenoxy) is 3. The van der Waals surface area contributed by atoms with Gasteiger partial charge in [-0.2, -0.15) is 0 Å². The summed E-state index contributed by atoms with van der Waals surface area (Å²) >= 11 is 0. The Kier molecular flexibility index (Phi) is 16.0. The van der Waals surface area contributed by atoms with Gasteiger partial charge in [0.1, 0.15) is 0 Å². The molecule has 0 aromatic carbocycles. The summed E-state index contributed by atoms with van der Waals surface area (Å²) in [6.45, 7) is 5.88. The minimum absolute atomic E-state index is 0.101. The quantitative estimate of drug-likeness (QED) is 0.309. The van der Waals surface area contributed by atoms with Crippen molar-refractivity contribution in [1.29, 1.82) is 0 Å². The molecule has 0 aromatic rings.